The van der Waals surface area contributed by atoms with Crippen molar-refractivity contribution in [3.63, 3.8) is 0 Å². The van der Waals surface area contributed by atoms with Gasteiger partial charge in [0.05, 0.1) is 6.61 Å². The highest BCUT2D eigenvalue weighted by Crippen LogP contribution is 2.18. The maximum absolute atomic E-state index is 9.29. The SMILES string of the molecule is CC.CO[C@H]1OC[C@@H](C)C[C@H]1O. The van der Waals surface area contributed by atoms with Crippen LogP contribution in [0.25, 0.3) is 0 Å². The highest BCUT2D eigenvalue weighted by atomic mass is 16.7. The molecule has 1 saturated heterocycles. The van der Waals surface area contributed by atoms with E-state index < -0.39 is 12.4 Å². The quantitative estimate of drug-likeness (QED) is 0.656. The summed E-state index contributed by atoms with van der Waals surface area (Å²) in [7, 11) is 1.55. The number of hydrogen-bond donors (Lipinski definition) is 1. The van der Waals surface area contributed by atoms with Crippen molar-refractivity contribution in [3.05, 3.63) is 0 Å². The molecule has 0 aromatic carbocycles. The number of methoxy groups -OCH3 is 1. The van der Waals surface area contributed by atoms with Gasteiger partial charge in [0.2, 0.25) is 0 Å². The molecule has 74 valence electrons. The first-order chi connectivity index (χ1) is 5.74. The minimum Gasteiger partial charge on any atom is -0.388 e. The number of hydrogen-bond acceptors (Lipinski definition) is 3. The van der Waals surface area contributed by atoms with Gasteiger partial charge in [0.1, 0.15) is 6.10 Å². The fourth-order valence-corrected chi connectivity index (χ4v) is 1.19. The van der Waals surface area contributed by atoms with E-state index in [-0.39, 0.29) is 0 Å². The maximum atomic E-state index is 9.29. The molecule has 0 saturated carbocycles. The van der Waals surface area contributed by atoms with Crippen LogP contribution >= 0.6 is 0 Å². The molecule has 0 unspecified atom stereocenters. The molecule has 0 aromatic heterocycles. The van der Waals surface area contributed by atoms with Crippen molar-refractivity contribution in [2.75, 3.05) is 13.7 Å². The first-order valence-electron chi connectivity index (χ1n) is 4.56. The van der Waals surface area contributed by atoms with Crippen LogP contribution in [0.5, 0.6) is 0 Å². The van der Waals surface area contributed by atoms with Crippen LogP contribution in [0.4, 0.5) is 0 Å². The lowest BCUT2D eigenvalue weighted by Gasteiger charge is -2.30. The smallest absolute Gasteiger partial charge is 0.183 e. The van der Waals surface area contributed by atoms with Crippen LogP contribution < -0.4 is 0 Å². The molecule has 0 radical (unpaired) electrons. The number of aliphatic hydroxyl groups is 1. The second-order valence-electron chi connectivity index (χ2n) is 2.85. The van der Waals surface area contributed by atoms with Gasteiger partial charge in [0, 0.05) is 7.11 Å². The van der Waals surface area contributed by atoms with Crippen LogP contribution in [0.15, 0.2) is 0 Å². The second kappa shape index (κ2) is 6.40. The Hall–Kier alpha value is -0.120. The van der Waals surface area contributed by atoms with Crippen LogP contribution in [0.2, 0.25) is 0 Å². The average molecular weight is 176 g/mol. The summed E-state index contributed by atoms with van der Waals surface area (Å²) in [4.78, 5) is 0. The summed E-state index contributed by atoms with van der Waals surface area (Å²) in [6.07, 6.45) is -0.0802. The van der Waals surface area contributed by atoms with Crippen molar-refractivity contribution in [2.45, 2.75) is 39.6 Å². The standard InChI is InChI=1S/C7H14O3.C2H6/c1-5-3-6(8)7(9-2)10-4-5;1-2/h5-8H,3-4H2,1-2H3;1-2H3/t5-,6+,7-;/m0./s1. The van der Waals surface area contributed by atoms with Crippen molar-refractivity contribution in [3.8, 4) is 0 Å². The lowest BCUT2D eigenvalue weighted by atomic mass is 10.0. The molecule has 3 atom stereocenters. The first-order valence-corrected chi connectivity index (χ1v) is 4.56. The molecule has 12 heavy (non-hydrogen) atoms. The van der Waals surface area contributed by atoms with Crippen LogP contribution in [0.1, 0.15) is 27.2 Å². The molecule has 1 heterocycles. The molecule has 1 aliphatic rings. The first kappa shape index (κ1) is 11.9. The lowest BCUT2D eigenvalue weighted by molar-refractivity contribution is -0.213. The molecular formula is C9H20O3. The molecule has 0 spiro atoms. The predicted molar refractivity (Wildman–Crippen MR) is 47.9 cm³/mol. The topological polar surface area (TPSA) is 38.7 Å². The molecule has 3 heteroatoms. The van der Waals surface area contributed by atoms with Crippen LogP contribution in [-0.4, -0.2) is 31.2 Å². The Morgan fingerprint density at radius 3 is 2.42 bits per heavy atom. The molecule has 1 aliphatic heterocycles. The van der Waals surface area contributed by atoms with Gasteiger partial charge in [0.15, 0.2) is 6.29 Å². The summed E-state index contributed by atoms with van der Waals surface area (Å²) in [6.45, 7) is 6.74. The Morgan fingerprint density at radius 2 is 2.00 bits per heavy atom. The van der Waals surface area contributed by atoms with Crippen molar-refractivity contribution in [2.24, 2.45) is 5.92 Å². The van der Waals surface area contributed by atoms with Gasteiger partial charge in [-0.1, -0.05) is 20.8 Å². The fraction of sp³-hybridized carbons (Fsp3) is 1.00. The number of rotatable bonds is 1. The lowest BCUT2D eigenvalue weighted by Crippen LogP contribution is -2.38. The van der Waals surface area contributed by atoms with Gasteiger partial charge in [-0.05, 0) is 12.3 Å². The molecule has 0 amide bonds. The van der Waals surface area contributed by atoms with Gasteiger partial charge in [-0.25, -0.2) is 0 Å². The molecule has 1 rings (SSSR count). The molecular weight excluding hydrogens is 156 g/mol. The van der Waals surface area contributed by atoms with Crippen molar-refractivity contribution in [1.29, 1.82) is 0 Å². The van der Waals surface area contributed by atoms with Gasteiger partial charge in [-0.15, -0.1) is 0 Å². The van der Waals surface area contributed by atoms with E-state index in [4.69, 9.17) is 9.47 Å². The normalized spacial score (nSPS) is 35.2. The fourth-order valence-electron chi connectivity index (χ4n) is 1.19. The van der Waals surface area contributed by atoms with Gasteiger partial charge in [0.25, 0.3) is 0 Å². The molecule has 0 aliphatic carbocycles. The molecule has 1 fully saturated rings. The van der Waals surface area contributed by atoms with Gasteiger partial charge in [-0.2, -0.15) is 0 Å². The third kappa shape index (κ3) is 3.52. The second-order valence-corrected chi connectivity index (χ2v) is 2.85. The largest absolute Gasteiger partial charge is 0.388 e. The zero-order valence-electron chi connectivity index (χ0n) is 8.41. The number of aliphatic hydroxyl groups excluding tert-OH is 1. The number of ether oxygens (including phenoxy) is 2. The summed E-state index contributed by atoms with van der Waals surface area (Å²) in [5.41, 5.74) is 0. The third-order valence-corrected chi connectivity index (χ3v) is 1.74. The highest BCUT2D eigenvalue weighted by molar-refractivity contribution is 4.69. The summed E-state index contributed by atoms with van der Waals surface area (Å²) in [5, 5.41) is 9.29. The molecule has 1 N–H and O–H groups in total. The van der Waals surface area contributed by atoms with E-state index in [0.717, 1.165) is 6.42 Å². The van der Waals surface area contributed by atoms with Crippen LogP contribution in [0, 0.1) is 5.92 Å². The Kier molecular flexibility index (Phi) is 6.34. The van der Waals surface area contributed by atoms with E-state index >= 15 is 0 Å². The minimum atomic E-state index is -0.450. The van der Waals surface area contributed by atoms with E-state index in [1.54, 1.807) is 7.11 Å². The summed E-state index contributed by atoms with van der Waals surface area (Å²) in [5.74, 6) is 0.446. The average Bonchev–Trinajstić information content (AvgIpc) is 2.08. The Morgan fingerprint density at radius 1 is 1.42 bits per heavy atom. The summed E-state index contributed by atoms with van der Waals surface area (Å²) < 4.78 is 10.1. The Bertz CT molecular complexity index is 106. The molecule has 0 bridgehead atoms. The van der Waals surface area contributed by atoms with Gasteiger partial charge < -0.3 is 14.6 Å². The Balaban J connectivity index is 0.000000561. The van der Waals surface area contributed by atoms with E-state index in [9.17, 15) is 5.11 Å². The summed E-state index contributed by atoms with van der Waals surface area (Å²) >= 11 is 0. The monoisotopic (exact) mass is 176 g/mol. The summed E-state index contributed by atoms with van der Waals surface area (Å²) in [6, 6.07) is 0. The van der Waals surface area contributed by atoms with E-state index in [0.29, 0.717) is 12.5 Å². The molecule has 3 nitrogen and oxygen atoms in total. The van der Waals surface area contributed by atoms with Crippen molar-refractivity contribution < 1.29 is 14.6 Å². The zero-order chi connectivity index (χ0) is 9.56. The third-order valence-electron chi connectivity index (χ3n) is 1.74. The van der Waals surface area contributed by atoms with Crippen molar-refractivity contribution >= 4 is 0 Å². The van der Waals surface area contributed by atoms with Crippen LogP contribution in [0.3, 0.4) is 0 Å². The molecule has 0 aromatic rings. The Labute approximate surface area is 74.7 Å². The van der Waals surface area contributed by atoms with Crippen LogP contribution in [-0.2, 0) is 9.47 Å². The van der Waals surface area contributed by atoms with Gasteiger partial charge >= 0.3 is 0 Å². The maximum Gasteiger partial charge on any atom is 0.183 e. The van der Waals surface area contributed by atoms with E-state index in [1.165, 1.54) is 0 Å². The van der Waals surface area contributed by atoms with Gasteiger partial charge in [-0.3, -0.25) is 0 Å². The van der Waals surface area contributed by atoms with E-state index in [1.807, 2.05) is 13.8 Å². The highest BCUT2D eigenvalue weighted by Gasteiger charge is 2.27. The van der Waals surface area contributed by atoms with E-state index in [2.05, 4.69) is 6.92 Å². The zero-order valence-corrected chi connectivity index (χ0v) is 8.41. The van der Waals surface area contributed by atoms with Crippen molar-refractivity contribution in [1.82, 2.24) is 0 Å². The minimum absolute atomic E-state index is 0.406. The predicted octanol–water partition coefficient (Wildman–Crippen LogP) is 1.40.